The average molecular weight is 280 g/mol. The van der Waals surface area contributed by atoms with Gasteiger partial charge in [-0.05, 0) is 22.0 Å². The summed E-state index contributed by atoms with van der Waals surface area (Å²) < 4.78 is 6.16. The summed E-state index contributed by atoms with van der Waals surface area (Å²) in [4.78, 5) is 8.19. The first-order valence-corrected chi connectivity index (χ1v) is 5.25. The van der Waals surface area contributed by atoms with Crippen LogP contribution in [0.4, 0.5) is 5.95 Å². The largest absolute Gasteiger partial charge is 0.461 e. The highest BCUT2D eigenvalue weighted by atomic mass is 79.9. The molecule has 7 heteroatoms. The monoisotopic (exact) mass is 279 g/mol. The second-order valence-corrected chi connectivity index (χ2v) is 4.01. The van der Waals surface area contributed by atoms with Crippen molar-refractivity contribution in [3.05, 3.63) is 23.0 Å². The number of hydrogen-bond acceptors (Lipinski definition) is 5. The molecule has 80 valence electrons. The summed E-state index contributed by atoms with van der Waals surface area (Å²) >= 11 is 3.38. The predicted octanol–water partition coefficient (Wildman–Crippen LogP) is 1.96. The van der Waals surface area contributed by atoms with Gasteiger partial charge in [-0.25, -0.2) is 4.98 Å². The Labute approximate surface area is 98.0 Å². The summed E-state index contributed by atoms with van der Waals surface area (Å²) in [5.41, 5.74) is 6.82. The first-order chi connectivity index (χ1) is 7.75. The molecule has 3 rings (SSSR count). The number of nitrogens with one attached hydrogen (secondary N) is 1. The Kier molecular flexibility index (Phi) is 1.93. The maximum atomic E-state index is 5.61. The van der Waals surface area contributed by atoms with Crippen LogP contribution in [0.2, 0.25) is 0 Å². The predicted molar refractivity (Wildman–Crippen MR) is 61.5 cm³/mol. The van der Waals surface area contributed by atoms with E-state index < -0.39 is 0 Å². The zero-order valence-corrected chi connectivity index (χ0v) is 9.52. The fourth-order valence-corrected chi connectivity index (χ4v) is 1.88. The van der Waals surface area contributed by atoms with Crippen LogP contribution in [0.5, 0.6) is 0 Å². The van der Waals surface area contributed by atoms with Crippen molar-refractivity contribution < 1.29 is 4.42 Å². The number of nitrogen functional groups attached to an aromatic ring is 1. The molecular weight excluding hydrogens is 274 g/mol. The fourth-order valence-electron chi connectivity index (χ4n) is 1.49. The minimum absolute atomic E-state index is 0.176. The van der Waals surface area contributed by atoms with Gasteiger partial charge in [-0.1, -0.05) is 0 Å². The van der Waals surface area contributed by atoms with Gasteiger partial charge in [-0.2, -0.15) is 10.1 Å². The molecule has 0 bridgehead atoms. The number of aromatic amines is 1. The summed E-state index contributed by atoms with van der Waals surface area (Å²) in [6.45, 7) is 0. The molecule has 0 fully saturated rings. The third-order valence-corrected chi connectivity index (χ3v) is 2.78. The van der Waals surface area contributed by atoms with Crippen molar-refractivity contribution in [3.63, 3.8) is 0 Å². The highest BCUT2D eigenvalue weighted by Gasteiger charge is 2.15. The quantitative estimate of drug-likeness (QED) is 0.710. The Morgan fingerprint density at radius 2 is 2.25 bits per heavy atom. The van der Waals surface area contributed by atoms with Crippen molar-refractivity contribution >= 4 is 32.9 Å². The highest BCUT2D eigenvalue weighted by Crippen LogP contribution is 2.32. The molecule has 3 heterocycles. The molecule has 0 aliphatic rings. The number of nitrogens with two attached hydrogens (primary N) is 1. The SMILES string of the molecule is Nc1nc(-c2occc2Br)c2cn[nH]c2n1. The van der Waals surface area contributed by atoms with Gasteiger partial charge in [-0.3, -0.25) is 5.10 Å². The zero-order valence-electron chi connectivity index (χ0n) is 7.94. The molecule has 16 heavy (non-hydrogen) atoms. The Hall–Kier alpha value is -1.89. The number of anilines is 1. The maximum absolute atomic E-state index is 5.61. The summed E-state index contributed by atoms with van der Waals surface area (Å²) in [7, 11) is 0. The van der Waals surface area contributed by atoms with Gasteiger partial charge in [0, 0.05) is 0 Å². The summed E-state index contributed by atoms with van der Waals surface area (Å²) in [6.07, 6.45) is 3.21. The lowest BCUT2D eigenvalue weighted by molar-refractivity contribution is 0.579. The minimum Gasteiger partial charge on any atom is -0.461 e. The molecule has 0 amide bonds. The van der Waals surface area contributed by atoms with Gasteiger partial charge in [-0.15, -0.1) is 0 Å². The summed E-state index contributed by atoms with van der Waals surface area (Å²) in [6, 6.07) is 1.79. The number of hydrogen-bond donors (Lipinski definition) is 2. The van der Waals surface area contributed by atoms with Crippen LogP contribution in [0.25, 0.3) is 22.5 Å². The molecule has 3 N–H and O–H groups in total. The normalized spacial score (nSPS) is 11.1. The van der Waals surface area contributed by atoms with Crippen LogP contribution >= 0.6 is 15.9 Å². The molecule has 6 nitrogen and oxygen atoms in total. The number of halogens is 1. The van der Waals surface area contributed by atoms with Gasteiger partial charge in [0.1, 0.15) is 5.69 Å². The van der Waals surface area contributed by atoms with E-state index in [2.05, 4.69) is 36.1 Å². The fraction of sp³-hybridized carbons (Fsp3) is 0. The Balaban J connectivity index is 2.38. The van der Waals surface area contributed by atoms with E-state index in [1.165, 1.54) is 0 Å². The van der Waals surface area contributed by atoms with Gasteiger partial charge in [0.25, 0.3) is 0 Å². The van der Waals surface area contributed by atoms with Crippen LogP contribution in [-0.4, -0.2) is 20.2 Å². The average Bonchev–Trinajstić information content (AvgIpc) is 2.84. The molecule has 0 aliphatic heterocycles. The van der Waals surface area contributed by atoms with E-state index >= 15 is 0 Å². The lowest BCUT2D eigenvalue weighted by Gasteiger charge is -2.00. The van der Waals surface area contributed by atoms with Gasteiger partial charge >= 0.3 is 0 Å². The molecule has 0 atom stereocenters. The molecule has 0 saturated carbocycles. The van der Waals surface area contributed by atoms with Crippen molar-refractivity contribution in [2.75, 3.05) is 5.73 Å². The molecular formula is C9H6BrN5O. The highest BCUT2D eigenvalue weighted by molar-refractivity contribution is 9.10. The number of nitrogens with zero attached hydrogens (tertiary/aromatic N) is 3. The van der Waals surface area contributed by atoms with E-state index in [1.807, 2.05) is 0 Å². The van der Waals surface area contributed by atoms with Crippen LogP contribution in [0, 0.1) is 0 Å². The van der Waals surface area contributed by atoms with Crippen LogP contribution in [0.1, 0.15) is 0 Å². The van der Waals surface area contributed by atoms with E-state index in [9.17, 15) is 0 Å². The lowest BCUT2D eigenvalue weighted by Crippen LogP contribution is -1.97. The van der Waals surface area contributed by atoms with E-state index in [0.717, 1.165) is 9.86 Å². The first kappa shape index (κ1) is 9.34. The number of fused-ring (bicyclic) bond motifs is 1. The lowest BCUT2D eigenvalue weighted by atomic mass is 10.2. The molecule has 0 aromatic carbocycles. The maximum Gasteiger partial charge on any atom is 0.222 e. The smallest absolute Gasteiger partial charge is 0.222 e. The van der Waals surface area contributed by atoms with Crippen molar-refractivity contribution in [3.8, 4) is 11.5 Å². The van der Waals surface area contributed by atoms with Crippen molar-refractivity contribution in [2.45, 2.75) is 0 Å². The van der Waals surface area contributed by atoms with Crippen molar-refractivity contribution in [2.24, 2.45) is 0 Å². The van der Waals surface area contributed by atoms with Crippen LogP contribution in [0.3, 0.4) is 0 Å². The molecule has 0 spiro atoms. The topological polar surface area (TPSA) is 93.6 Å². The minimum atomic E-state index is 0.176. The van der Waals surface area contributed by atoms with Crippen molar-refractivity contribution in [1.29, 1.82) is 0 Å². The Morgan fingerprint density at radius 1 is 1.38 bits per heavy atom. The number of rotatable bonds is 1. The van der Waals surface area contributed by atoms with E-state index in [1.54, 1.807) is 18.5 Å². The second kappa shape index (κ2) is 3.31. The molecule has 3 aromatic rings. The number of H-pyrrole nitrogens is 1. The van der Waals surface area contributed by atoms with Gasteiger partial charge in [0.05, 0.1) is 22.3 Å². The third kappa shape index (κ3) is 1.28. The van der Waals surface area contributed by atoms with E-state index in [0.29, 0.717) is 17.1 Å². The number of furan rings is 1. The van der Waals surface area contributed by atoms with Crippen LogP contribution in [0.15, 0.2) is 27.4 Å². The van der Waals surface area contributed by atoms with Crippen LogP contribution < -0.4 is 5.73 Å². The summed E-state index contributed by atoms with van der Waals surface area (Å²) in [5.74, 6) is 0.788. The Morgan fingerprint density at radius 3 is 3.00 bits per heavy atom. The second-order valence-electron chi connectivity index (χ2n) is 3.16. The standard InChI is InChI=1S/C9H6BrN5O/c10-5-1-2-16-7(5)6-4-3-12-15-8(4)14-9(11)13-6/h1-3H,(H3,11,12,13,14,15). The van der Waals surface area contributed by atoms with E-state index in [-0.39, 0.29) is 5.95 Å². The molecule has 0 aliphatic carbocycles. The van der Waals surface area contributed by atoms with Gasteiger partial charge in [0.2, 0.25) is 5.95 Å². The summed E-state index contributed by atoms with van der Waals surface area (Å²) in [5, 5.41) is 7.42. The first-order valence-electron chi connectivity index (χ1n) is 4.45. The molecule has 3 aromatic heterocycles. The molecule has 0 unspecified atom stereocenters. The molecule has 0 radical (unpaired) electrons. The van der Waals surface area contributed by atoms with Crippen molar-refractivity contribution in [1.82, 2.24) is 20.2 Å². The van der Waals surface area contributed by atoms with Gasteiger partial charge in [0.15, 0.2) is 11.4 Å². The Bertz CT molecular complexity index is 659. The zero-order chi connectivity index (χ0) is 11.1. The molecule has 0 saturated heterocycles. The number of aromatic nitrogens is 4. The van der Waals surface area contributed by atoms with Crippen LogP contribution in [-0.2, 0) is 0 Å². The van der Waals surface area contributed by atoms with Gasteiger partial charge < -0.3 is 10.2 Å². The third-order valence-electron chi connectivity index (χ3n) is 2.16. The van der Waals surface area contributed by atoms with E-state index in [4.69, 9.17) is 10.2 Å².